The Kier molecular flexibility index (Phi) is 10.6. The van der Waals surface area contributed by atoms with Crippen molar-refractivity contribution < 1.29 is 37.7 Å². The smallest absolute Gasteiger partial charge is 0.422 e. The molecule has 0 aromatic heterocycles. The summed E-state index contributed by atoms with van der Waals surface area (Å²) in [6.07, 6.45) is 0. The fourth-order valence-electron chi connectivity index (χ4n) is 3.50. The van der Waals surface area contributed by atoms with Crippen molar-refractivity contribution in [2.24, 2.45) is 0 Å². The molecule has 0 bridgehead atoms. The average Bonchev–Trinajstić information content (AvgIpc) is 2.09. The van der Waals surface area contributed by atoms with E-state index in [0.29, 0.717) is 20.2 Å². The van der Waals surface area contributed by atoms with E-state index in [0.717, 1.165) is 0 Å². The third kappa shape index (κ3) is 5.92. The van der Waals surface area contributed by atoms with E-state index < -0.39 is 15.2 Å². The fourth-order valence-corrected chi connectivity index (χ4v) is 40.5. The summed E-state index contributed by atoms with van der Waals surface area (Å²) in [4.78, 5) is 0. The van der Waals surface area contributed by atoms with Crippen molar-refractivity contribution in [1.29, 1.82) is 0 Å². The van der Waals surface area contributed by atoms with E-state index in [1.807, 2.05) is 0 Å². The van der Waals surface area contributed by atoms with Gasteiger partial charge in [-0.15, -0.1) is 15.2 Å². The van der Waals surface area contributed by atoms with Crippen molar-refractivity contribution in [3.05, 3.63) is 0 Å². The van der Waals surface area contributed by atoms with Gasteiger partial charge in [0, 0.05) is 0 Å². The van der Waals surface area contributed by atoms with E-state index >= 15 is 0 Å². The van der Waals surface area contributed by atoms with E-state index in [9.17, 15) is 0 Å². The Labute approximate surface area is 176 Å². The van der Waals surface area contributed by atoms with Crippen molar-refractivity contribution >= 4 is 23.7 Å². The van der Waals surface area contributed by atoms with Crippen molar-refractivity contribution in [2.45, 2.75) is 116 Å². The molecule has 0 fully saturated rings. The first-order valence-electron chi connectivity index (χ1n) is 8.50. The second-order valence-corrected chi connectivity index (χ2v) is 31.1. The third-order valence-corrected chi connectivity index (χ3v) is 40.5. The van der Waals surface area contributed by atoms with E-state index in [1.165, 1.54) is 8.55 Å². The van der Waals surface area contributed by atoms with Gasteiger partial charge in [0.1, 0.15) is 0 Å². The van der Waals surface area contributed by atoms with Crippen molar-refractivity contribution in [2.75, 3.05) is 0 Å². The summed E-state index contributed by atoms with van der Waals surface area (Å²) in [5.74, 6) is 0. The van der Waals surface area contributed by atoms with Gasteiger partial charge >= 0.3 is 37.7 Å². The summed E-state index contributed by atoms with van der Waals surface area (Å²) in [5, 5.41) is 1.87. The molecule has 0 aliphatic heterocycles. The van der Waals surface area contributed by atoms with Crippen LogP contribution >= 0.6 is 0 Å². The topological polar surface area (TPSA) is 0 Å². The predicted molar refractivity (Wildman–Crippen MR) is 108 cm³/mol. The van der Waals surface area contributed by atoms with Crippen LogP contribution < -0.4 is 37.7 Å². The second kappa shape index (κ2) is 8.25. The van der Waals surface area contributed by atoms with E-state index in [2.05, 4.69) is 96.2 Å². The maximum absolute atomic E-state index is 2.70. The van der Waals surface area contributed by atoms with Crippen LogP contribution in [0.15, 0.2) is 0 Å². The quantitative estimate of drug-likeness (QED) is 0.649. The minimum absolute atomic E-state index is 0. The van der Waals surface area contributed by atoms with Crippen molar-refractivity contribution in [3.63, 3.8) is 0 Å². The normalized spacial score (nSPS) is 14.9. The maximum Gasteiger partial charge on any atom is 1.00 e. The minimum Gasteiger partial charge on any atom is -0.422 e. The predicted octanol–water partition coefficient (Wildman–Crippen LogP) is 1.05. The van der Waals surface area contributed by atoms with Crippen LogP contribution in [0.1, 0.15) is 83.1 Å². The number of hydrogen-bond donors (Lipinski definition) is 0. The zero-order valence-electron chi connectivity index (χ0n) is 19.5. The Morgan fingerprint density at radius 1 is 0.435 bits per heavy atom. The molecule has 127 valence electrons. The van der Waals surface area contributed by atoms with Gasteiger partial charge in [-0.25, -0.2) is 0 Å². The minimum atomic E-state index is -1.42. The van der Waals surface area contributed by atoms with Gasteiger partial charge in [-0.3, -0.25) is 0 Å². The second-order valence-electron chi connectivity index (χ2n) is 11.4. The Morgan fingerprint density at radius 2 is 0.565 bits per heavy atom. The van der Waals surface area contributed by atoms with Crippen LogP contribution in [0.2, 0.25) is 33.2 Å². The van der Waals surface area contributed by atoms with Gasteiger partial charge in [0.15, 0.2) is 0 Å². The molecule has 0 aliphatic carbocycles. The molecule has 0 N–H and O–H groups in total. The molecule has 0 aliphatic rings. The van der Waals surface area contributed by atoms with Crippen LogP contribution in [0.4, 0.5) is 0 Å². The van der Waals surface area contributed by atoms with Crippen molar-refractivity contribution in [3.8, 4) is 0 Å². The summed E-state index contributed by atoms with van der Waals surface area (Å²) < 4.78 is 0. The van der Waals surface area contributed by atoms with Crippen LogP contribution in [-0.2, 0) is 0 Å². The zero-order chi connectivity index (χ0) is 17.7. The van der Waals surface area contributed by atoms with Crippen LogP contribution in [0.3, 0.4) is 0 Å². The van der Waals surface area contributed by atoms with E-state index in [4.69, 9.17) is 0 Å². The molecule has 23 heavy (non-hydrogen) atoms. The molecule has 0 nitrogen and oxygen atoms in total. The molecule has 0 rings (SSSR count). The van der Waals surface area contributed by atoms with E-state index in [1.54, 1.807) is 0 Å². The molecule has 1 radical (unpaired) electrons. The zero-order valence-corrected chi connectivity index (χ0v) is 22.5. The van der Waals surface area contributed by atoms with Gasteiger partial charge < -0.3 is 8.55 Å². The standard InChI is InChI=1S/C18H42Si3.2Li/c1-15(2,3)20(13,16(4,5)6)19-21(14,17(7,8)9)18(10,11)12;;/h1-14H3;;/q-1;2*+1. The van der Waals surface area contributed by atoms with Crippen LogP contribution in [0, 0.1) is 0 Å². The molecule has 0 saturated carbocycles. The summed E-state index contributed by atoms with van der Waals surface area (Å²) in [5.41, 5.74) is 0. The number of rotatable bonds is 2. The summed E-state index contributed by atoms with van der Waals surface area (Å²) >= 11 is 0. The van der Waals surface area contributed by atoms with E-state index in [-0.39, 0.29) is 37.7 Å². The Balaban J connectivity index is -0.00000200. The van der Waals surface area contributed by atoms with Gasteiger partial charge in [-0.05, 0) is 0 Å². The Bertz CT molecular complexity index is 302. The Hall–Kier alpha value is 1.85. The molecule has 0 amide bonds. The molecule has 0 aromatic rings. The summed E-state index contributed by atoms with van der Waals surface area (Å²) in [6, 6.07) is 0. The average molecular weight is 357 g/mol. The molecule has 5 heteroatoms. The molecule has 0 unspecified atom stereocenters. The molecular weight excluding hydrogens is 314 g/mol. The molecule has 0 saturated heterocycles. The monoisotopic (exact) mass is 356 g/mol. The SMILES string of the molecule is CC(C)(C)[Si](C)([Si-][Si](C)(C(C)(C)C)C(C)(C)C)C(C)(C)C.[Li+].[Li+]. The number of hydrogen-bond acceptors (Lipinski definition) is 0. The first-order chi connectivity index (χ1) is 8.71. The molecule has 0 atom stereocenters. The molecular formula is C18H42Li2Si3+. The first kappa shape index (κ1) is 29.6. The third-order valence-electron chi connectivity index (χ3n) is 6.50. The van der Waals surface area contributed by atoms with Gasteiger partial charge in [-0.2, -0.15) is 0 Å². The molecule has 0 aromatic carbocycles. The van der Waals surface area contributed by atoms with Crippen LogP contribution in [-0.4, -0.2) is 23.7 Å². The van der Waals surface area contributed by atoms with Gasteiger partial charge in [0.25, 0.3) is 0 Å². The van der Waals surface area contributed by atoms with Crippen molar-refractivity contribution in [1.82, 2.24) is 0 Å². The first-order valence-corrected chi connectivity index (χ1v) is 16.5. The Morgan fingerprint density at radius 3 is 0.652 bits per heavy atom. The van der Waals surface area contributed by atoms with Gasteiger partial charge in [0.05, 0.1) is 0 Å². The van der Waals surface area contributed by atoms with Crippen LogP contribution in [0.5, 0.6) is 0 Å². The van der Waals surface area contributed by atoms with Gasteiger partial charge in [0.2, 0.25) is 0 Å². The fraction of sp³-hybridized carbons (Fsp3) is 1.00. The largest absolute Gasteiger partial charge is 1.00 e. The van der Waals surface area contributed by atoms with Gasteiger partial charge in [-0.1, -0.05) is 116 Å². The van der Waals surface area contributed by atoms with Crippen LogP contribution in [0.25, 0.3) is 0 Å². The maximum atomic E-state index is 2.70. The summed E-state index contributed by atoms with van der Waals surface area (Å²) in [6.45, 7) is 35.5. The summed E-state index contributed by atoms with van der Waals surface area (Å²) in [7, 11) is -1.63. The molecule has 0 heterocycles. The molecule has 0 spiro atoms.